The molecule has 3 aromatic carbocycles. The number of benzene rings is 3. The van der Waals surface area contributed by atoms with Gasteiger partial charge in [-0.1, -0.05) is 23.2 Å². The molecule has 0 amide bonds. The molecule has 0 spiro atoms. The number of carbonyl (C=O) groups excluding carboxylic acids is 2. The zero-order valence-electron chi connectivity index (χ0n) is 18.9. The molecule has 1 aliphatic heterocycles. The average molecular weight is 606 g/mol. The van der Waals surface area contributed by atoms with Gasteiger partial charge < -0.3 is 14.2 Å². The Labute approximate surface area is 228 Å². The second-order valence-electron chi connectivity index (χ2n) is 7.42. The van der Waals surface area contributed by atoms with E-state index in [-0.39, 0.29) is 46.0 Å². The number of nitro benzene ring substituents is 1. The first-order chi connectivity index (χ1) is 17.7. The van der Waals surface area contributed by atoms with E-state index in [1.54, 1.807) is 31.2 Å². The number of carbonyl (C=O) groups is 2. The Bertz CT molecular complexity index is 1490. The molecule has 0 aliphatic carbocycles. The minimum atomic E-state index is -0.750. The Kier molecular flexibility index (Phi) is 7.91. The molecule has 0 saturated heterocycles. The number of cyclic esters (lactones) is 1. The standard InChI is InChI=1S/C25H15BrCl2N2O7/c1-2-35-21-11-13(9-17(26)22(21)36-24(31)14-3-6-16(27)7-4-14)10-19-25(32)37-23(29-19)15-5-8-18(28)20(12-15)30(33)34/h3-12H,2H2,1H3/b19-10-. The van der Waals surface area contributed by atoms with Gasteiger partial charge >= 0.3 is 11.9 Å². The normalized spacial score (nSPS) is 13.8. The zero-order chi connectivity index (χ0) is 26.7. The predicted molar refractivity (Wildman–Crippen MR) is 140 cm³/mol. The van der Waals surface area contributed by atoms with Crippen molar-refractivity contribution in [3.05, 3.63) is 102 Å². The smallest absolute Gasteiger partial charge is 0.363 e. The van der Waals surface area contributed by atoms with Gasteiger partial charge in [-0.25, -0.2) is 14.6 Å². The molecule has 0 radical (unpaired) electrons. The third-order valence-corrected chi connectivity index (χ3v) is 6.08. The van der Waals surface area contributed by atoms with Gasteiger partial charge in [0.25, 0.3) is 5.69 Å². The lowest BCUT2D eigenvalue weighted by molar-refractivity contribution is -0.384. The number of nitrogens with zero attached hydrogens (tertiary/aromatic N) is 2. The summed E-state index contributed by atoms with van der Waals surface area (Å²) in [6.07, 6.45) is 1.44. The number of hydrogen-bond acceptors (Lipinski definition) is 8. The second kappa shape index (κ2) is 11.1. The highest BCUT2D eigenvalue weighted by atomic mass is 79.9. The largest absolute Gasteiger partial charge is 0.490 e. The van der Waals surface area contributed by atoms with Gasteiger partial charge in [-0.2, -0.15) is 0 Å². The lowest BCUT2D eigenvalue weighted by Crippen LogP contribution is -2.10. The minimum Gasteiger partial charge on any atom is -0.490 e. The quantitative estimate of drug-likeness (QED) is 0.0975. The highest BCUT2D eigenvalue weighted by molar-refractivity contribution is 9.10. The van der Waals surface area contributed by atoms with Gasteiger partial charge in [-0.3, -0.25) is 10.1 Å². The van der Waals surface area contributed by atoms with Crippen molar-refractivity contribution >= 4 is 68.7 Å². The van der Waals surface area contributed by atoms with Crippen molar-refractivity contribution in [3.8, 4) is 11.5 Å². The molecule has 0 bridgehead atoms. The third kappa shape index (κ3) is 5.99. The summed E-state index contributed by atoms with van der Waals surface area (Å²) in [5.74, 6) is -1.07. The molecule has 3 aromatic rings. The summed E-state index contributed by atoms with van der Waals surface area (Å²) in [6.45, 7) is 2.04. The molecular weight excluding hydrogens is 591 g/mol. The first-order valence-corrected chi connectivity index (χ1v) is 12.1. The van der Waals surface area contributed by atoms with Crippen LogP contribution in [0.1, 0.15) is 28.4 Å². The maximum absolute atomic E-state index is 12.6. The Hall–Kier alpha value is -3.73. The third-order valence-electron chi connectivity index (χ3n) is 4.92. The van der Waals surface area contributed by atoms with Crippen molar-refractivity contribution in [2.24, 2.45) is 4.99 Å². The Morgan fingerprint density at radius 2 is 1.89 bits per heavy atom. The number of hydrogen-bond donors (Lipinski definition) is 0. The summed E-state index contributed by atoms with van der Waals surface area (Å²) >= 11 is 15.1. The van der Waals surface area contributed by atoms with E-state index >= 15 is 0 Å². The first-order valence-electron chi connectivity index (χ1n) is 10.6. The number of rotatable bonds is 7. The highest BCUT2D eigenvalue weighted by Crippen LogP contribution is 2.38. The Morgan fingerprint density at radius 1 is 1.16 bits per heavy atom. The van der Waals surface area contributed by atoms with Crippen LogP contribution in [0.3, 0.4) is 0 Å². The van der Waals surface area contributed by atoms with Crippen LogP contribution in [0.4, 0.5) is 5.69 Å². The van der Waals surface area contributed by atoms with E-state index in [4.69, 9.17) is 37.4 Å². The lowest BCUT2D eigenvalue weighted by Gasteiger charge is -2.13. The monoisotopic (exact) mass is 604 g/mol. The fourth-order valence-electron chi connectivity index (χ4n) is 3.25. The summed E-state index contributed by atoms with van der Waals surface area (Å²) in [4.78, 5) is 39.8. The van der Waals surface area contributed by atoms with Gasteiger partial charge in [0.2, 0.25) is 5.90 Å². The van der Waals surface area contributed by atoms with Crippen LogP contribution >= 0.6 is 39.1 Å². The van der Waals surface area contributed by atoms with Gasteiger partial charge in [0.15, 0.2) is 17.2 Å². The molecule has 1 aliphatic rings. The van der Waals surface area contributed by atoms with Crippen molar-refractivity contribution in [3.63, 3.8) is 0 Å². The first kappa shape index (κ1) is 26.3. The summed E-state index contributed by atoms with van der Waals surface area (Å²) in [5.41, 5.74) is 0.606. The Balaban J connectivity index is 1.65. The summed E-state index contributed by atoms with van der Waals surface area (Å²) in [5, 5.41) is 11.6. The maximum Gasteiger partial charge on any atom is 0.363 e. The van der Waals surface area contributed by atoms with E-state index in [2.05, 4.69) is 20.9 Å². The zero-order valence-corrected chi connectivity index (χ0v) is 22.0. The topological polar surface area (TPSA) is 117 Å². The van der Waals surface area contributed by atoms with Crippen molar-refractivity contribution in [1.29, 1.82) is 0 Å². The summed E-state index contributed by atoms with van der Waals surface area (Å²) < 4.78 is 16.8. The van der Waals surface area contributed by atoms with Crippen LogP contribution in [0.5, 0.6) is 11.5 Å². The predicted octanol–water partition coefficient (Wildman–Crippen LogP) is 6.63. The van der Waals surface area contributed by atoms with E-state index in [0.717, 1.165) is 0 Å². The molecule has 4 rings (SSSR count). The molecule has 0 N–H and O–H groups in total. The second-order valence-corrected chi connectivity index (χ2v) is 9.12. The van der Waals surface area contributed by atoms with E-state index in [1.807, 2.05) is 0 Å². The van der Waals surface area contributed by atoms with Crippen LogP contribution in [0.2, 0.25) is 10.0 Å². The van der Waals surface area contributed by atoms with Crippen LogP contribution in [-0.2, 0) is 9.53 Å². The van der Waals surface area contributed by atoms with Crippen molar-refractivity contribution < 1.29 is 28.7 Å². The number of nitro groups is 1. The van der Waals surface area contributed by atoms with Gasteiger partial charge in [0.05, 0.1) is 21.6 Å². The summed E-state index contributed by atoms with van der Waals surface area (Å²) in [7, 11) is 0. The number of halogens is 3. The molecule has 12 heteroatoms. The van der Waals surface area contributed by atoms with Crippen LogP contribution in [0, 0.1) is 10.1 Å². The Morgan fingerprint density at radius 3 is 2.57 bits per heavy atom. The number of aliphatic imine (C=N–C) groups is 1. The van der Waals surface area contributed by atoms with Gasteiger partial charge in [-0.05, 0) is 83.0 Å². The van der Waals surface area contributed by atoms with Gasteiger partial charge in [0.1, 0.15) is 5.02 Å². The molecule has 0 saturated carbocycles. The molecule has 1 heterocycles. The van der Waals surface area contributed by atoms with Crippen LogP contribution in [-0.4, -0.2) is 29.4 Å². The summed E-state index contributed by atoms with van der Waals surface area (Å²) in [6, 6.07) is 13.3. The molecule has 0 aromatic heterocycles. The fraction of sp³-hybridized carbons (Fsp3) is 0.0800. The van der Waals surface area contributed by atoms with Crippen LogP contribution in [0.25, 0.3) is 6.08 Å². The molecule has 37 heavy (non-hydrogen) atoms. The van der Waals surface area contributed by atoms with Crippen molar-refractivity contribution in [1.82, 2.24) is 0 Å². The maximum atomic E-state index is 12.6. The number of ether oxygens (including phenoxy) is 3. The van der Waals surface area contributed by atoms with E-state index in [9.17, 15) is 19.7 Å². The SMILES string of the molecule is CCOc1cc(/C=C2\N=C(c3ccc(Cl)c([N+](=O)[O-])c3)OC2=O)cc(Br)c1OC(=O)c1ccc(Cl)cc1. The minimum absolute atomic E-state index is 0.0483. The molecule has 0 fully saturated rings. The van der Waals surface area contributed by atoms with Gasteiger partial charge in [-0.15, -0.1) is 0 Å². The average Bonchev–Trinajstić information content (AvgIpc) is 3.21. The van der Waals surface area contributed by atoms with Crippen molar-refractivity contribution in [2.75, 3.05) is 6.61 Å². The van der Waals surface area contributed by atoms with Crippen molar-refractivity contribution in [2.45, 2.75) is 6.92 Å². The molecule has 0 atom stereocenters. The fourth-order valence-corrected chi connectivity index (χ4v) is 4.10. The lowest BCUT2D eigenvalue weighted by atomic mass is 10.1. The van der Waals surface area contributed by atoms with Gasteiger partial charge in [0, 0.05) is 16.7 Å². The molecule has 188 valence electrons. The number of esters is 2. The van der Waals surface area contributed by atoms with Crippen LogP contribution < -0.4 is 9.47 Å². The van der Waals surface area contributed by atoms with E-state index in [1.165, 1.54) is 36.4 Å². The molecule has 0 unspecified atom stereocenters. The van der Waals surface area contributed by atoms with E-state index < -0.39 is 16.9 Å². The molecule has 9 nitrogen and oxygen atoms in total. The van der Waals surface area contributed by atoms with E-state index in [0.29, 0.717) is 20.6 Å². The van der Waals surface area contributed by atoms with Crippen LogP contribution in [0.15, 0.2) is 69.8 Å². The highest BCUT2D eigenvalue weighted by Gasteiger charge is 2.27. The molecular formula is C25H15BrCl2N2O7.